The lowest BCUT2D eigenvalue weighted by molar-refractivity contribution is -0.0131. The van der Waals surface area contributed by atoms with Crippen LogP contribution in [0.2, 0.25) is 0 Å². The van der Waals surface area contributed by atoms with E-state index in [1.807, 2.05) is 20.8 Å². The SMILES string of the molecule is [2H]C1=CC(O)(C(C)(C)C)CC1. The van der Waals surface area contributed by atoms with Crippen LogP contribution in [-0.4, -0.2) is 10.7 Å². The molecule has 0 aromatic heterocycles. The Labute approximate surface area is 64.2 Å². The fourth-order valence-electron chi connectivity index (χ4n) is 1.17. The zero-order chi connectivity index (χ0) is 8.70. The van der Waals surface area contributed by atoms with Gasteiger partial charge in [0.1, 0.15) is 0 Å². The molecular formula is C9H16O. The van der Waals surface area contributed by atoms with Crippen LogP contribution in [0.1, 0.15) is 35.0 Å². The first-order chi connectivity index (χ1) is 4.85. The fraction of sp³-hybridized carbons (Fsp3) is 0.778. The molecule has 1 aliphatic carbocycles. The molecular weight excluding hydrogens is 124 g/mol. The number of hydrogen-bond acceptors (Lipinski definition) is 1. The van der Waals surface area contributed by atoms with Gasteiger partial charge >= 0.3 is 0 Å². The number of rotatable bonds is 0. The minimum atomic E-state index is -0.746. The second kappa shape index (κ2) is 2.09. The summed E-state index contributed by atoms with van der Waals surface area (Å²) in [7, 11) is 0. The highest BCUT2D eigenvalue weighted by molar-refractivity contribution is 5.13. The average Bonchev–Trinajstić information content (AvgIpc) is 2.10. The molecule has 58 valence electrons. The molecule has 1 atom stereocenters. The van der Waals surface area contributed by atoms with E-state index in [0.717, 1.165) is 0 Å². The van der Waals surface area contributed by atoms with Crippen molar-refractivity contribution in [2.75, 3.05) is 0 Å². The monoisotopic (exact) mass is 141 g/mol. The van der Waals surface area contributed by atoms with E-state index in [-0.39, 0.29) is 5.41 Å². The molecule has 1 unspecified atom stereocenters. The zero-order valence-corrected chi connectivity index (χ0v) is 6.94. The van der Waals surface area contributed by atoms with E-state index in [1.54, 1.807) is 6.08 Å². The van der Waals surface area contributed by atoms with Gasteiger partial charge in [-0.05, 0) is 18.3 Å². The Balaban J connectivity index is 2.86. The summed E-state index contributed by atoms with van der Waals surface area (Å²) in [5.41, 5.74) is -0.889. The lowest BCUT2D eigenvalue weighted by Crippen LogP contribution is -2.38. The van der Waals surface area contributed by atoms with Gasteiger partial charge in [-0.1, -0.05) is 32.9 Å². The van der Waals surface area contributed by atoms with Gasteiger partial charge in [0.05, 0.1) is 6.97 Å². The Hall–Kier alpha value is -0.300. The number of aliphatic hydroxyl groups is 1. The van der Waals surface area contributed by atoms with E-state index >= 15 is 0 Å². The lowest BCUT2D eigenvalue weighted by atomic mass is 9.76. The lowest BCUT2D eigenvalue weighted by Gasteiger charge is -2.35. The van der Waals surface area contributed by atoms with Crippen molar-refractivity contribution in [3.63, 3.8) is 0 Å². The molecule has 0 heterocycles. The summed E-state index contributed by atoms with van der Waals surface area (Å²) in [6, 6.07) is 0.572. The van der Waals surface area contributed by atoms with Crippen LogP contribution in [0, 0.1) is 5.41 Å². The summed E-state index contributed by atoms with van der Waals surface area (Å²) in [5, 5.41) is 10.0. The Morgan fingerprint density at radius 3 is 2.40 bits per heavy atom. The number of hydrogen-bond donors (Lipinski definition) is 1. The van der Waals surface area contributed by atoms with Crippen molar-refractivity contribution in [2.24, 2.45) is 5.41 Å². The molecule has 0 saturated heterocycles. The molecule has 0 aliphatic heterocycles. The van der Waals surface area contributed by atoms with Gasteiger partial charge in [0.2, 0.25) is 0 Å². The van der Waals surface area contributed by atoms with Gasteiger partial charge in [0.15, 0.2) is 0 Å². The molecule has 1 rings (SSSR count). The summed E-state index contributed by atoms with van der Waals surface area (Å²) < 4.78 is 7.37. The van der Waals surface area contributed by atoms with Gasteiger partial charge in [0, 0.05) is 0 Å². The predicted molar refractivity (Wildman–Crippen MR) is 42.8 cm³/mol. The molecule has 0 radical (unpaired) electrons. The number of allylic oxidation sites excluding steroid dienone is 1. The molecule has 0 spiro atoms. The van der Waals surface area contributed by atoms with Gasteiger partial charge in [-0.15, -0.1) is 0 Å². The van der Waals surface area contributed by atoms with Gasteiger partial charge in [0.25, 0.3) is 0 Å². The van der Waals surface area contributed by atoms with Crippen molar-refractivity contribution < 1.29 is 6.48 Å². The first-order valence-electron chi connectivity index (χ1n) is 4.26. The van der Waals surface area contributed by atoms with Crippen molar-refractivity contribution >= 4 is 0 Å². The summed E-state index contributed by atoms with van der Waals surface area (Å²) >= 11 is 0. The molecule has 0 bridgehead atoms. The van der Waals surface area contributed by atoms with E-state index in [1.165, 1.54) is 0 Å². The van der Waals surface area contributed by atoms with Crippen LogP contribution in [-0.2, 0) is 0 Å². The van der Waals surface area contributed by atoms with Crippen molar-refractivity contribution in [2.45, 2.75) is 39.2 Å². The maximum absolute atomic E-state index is 10.0. The third-order valence-electron chi connectivity index (χ3n) is 2.29. The highest BCUT2D eigenvalue weighted by Crippen LogP contribution is 2.38. The van der Waals surface area contributed by atoms with Gasteiger partial charge in [-0.2, -0.15) is 0 Å². The first-order valence-corrected chi connectivity index (χ1v) is 3.76. The van der Waals surface area contributed by atoms with Crippen molar-refractivity contribution in [1.82, 2.24) is 0 Å². The molecule has 0 saturated carbocycles. The highest BCUT2D eigenvalue weighted by atomic mass is 16.3. The minimum Gasteiger partial charge on any atom is -0.385 e. The summed E-state index contributed by atoms with van der Waals surface area (Å²) in [5.74, 6) is 0. The molecule has 1 heteroatoms. The molecule has 0 amide bonds. The maximum Gasteiger partial charge on any atom is 0.0878 e. The Kier molecular flexibility index (Phi) is 1.34. The maximum atomic E-state index is 10.0. The summed E-state index contributed by atoms with van der Waals surface area (Å²) in [4.78, 5) is 0. The molecule has 0 aromatic rings. The van der Waals surface area contributed by atoms with Crippen LogP contribution in [0.25, 0.3) is 0 Å². The van der Waals surface area contributed by atoms with Crippen LogP contribution >= 0.6 is 0 Å². The molecule has 1 nitrogen and oxygen atoms in total. The molecule has 1 aliphatic rings. The van der Waals surface area contributed by atoms with Crippen molar-refractivity contribution in [3.8, 4) is 0 Å². The molecule has 0 aromatic carbocycles. The standard InChI is InChI=1S/C9H16O/c1-8(2,3)9(10)6-4-5-7-9/h4,6,10H,5,7H2,1-3H3/i4D. The third-order valence-corrected chi connectivity index (χ3v) is 2.29. The van der Waals surface area contributed by atoms with Gasteiger partial charge in [-0.25, -0.2) is 0 Å². The predicted octanol–water partition coefficient (Wildman–Crippen LogP) is 2.11. The van der Waals surface area contributed by atoms with Crippen molar-refractivity contribution in [3.05, 3.63) is 12.1 Å². The van der Waals surface area contributed by atoms with E-state index in [0.29, 0.717) is 18.9 Å². The van der Waals surface area contributed by atoms with Crippen LogP contribution in [0.5, 0.6) is 0 Å². The zero-order valence-electron chi connectivity index (χ0n) is 7.94. The van der Waals surface area contributed by atoms with Crippen LogP contribution in [0.4, 0.5) is 0 Å². The van der Waals surface area contributed by atoms with Crippen LogP contribution in [0.3, 0.4) is 0 Å². The van der Waals surface area contributed by atoms with E-state index in [4.69, 9.17) is 1.37 Å². The third kappa shape index (κ3) is 1.10. The normalized spacial score (nSPS) is 35.6. The van der Waals surface area contributed by atoms with Crippen LogP contribution in [0.15, 0.2) is 12.1 Å². The Morgan fingerprint density at radius 1 is 1.60 bits per heavy atom. The topological polar surface area (TPSA) is 20.2 Å². The second-order valence-electron chi connectivity index (χ2n) is 4.02. The summed E-state index contributed by atoms with van der Waals surface area (Å²) in [6.45, 7) is 6.01. The van der Waals surface area contributed by atoms with Crippen LogP contribution < -0.4 is 0 Å². The largest absolute Gasteiger partial charge is 0.385 e. The quantitative estimate of drug-likeness (QED) is 0.512. The van der Waals surface area contributed by atoms with Crippen molar-refractivity contribution in [1.29, 1.82) is 0 Å². The average molecular weight is 141 g/mol. The second-order valence-corrected chi connectivity index (χ2v) is 4.02. The smallest absolute Gasteiger partial charge is 0.0878 e. The van der Waals surface area contributed by atoms with E-state index in [9.17, 15) is 5.11 Å². The highest BCUT2D eigenvalue weighted by Gasteiger charge is 2.38. The molecule has 1 N–H and O–H groups in total. The van der Waals surface area contributed by atoms with E-state index in [2.05, 4.69) is 0 Å². The minimum absolute atomic E-state index is 0.143. The Morgan fingerprint density at radius 2 is 2.20 bits per heavy atom. The first kappa shape index (κ1) is 6.41. The fourth-order valence-corrected chi connectivity index (χ4v) is 1.17. The van der Waals surface area contributed by atoms with Gasteiger partial charge in [-0.3, -0.25) is 0 Å². The molecule has 0 fully saturated rings. The van der Waals surface area contributed by atoms with E-state index < -0.39 is 5.60 Å². The van der Waals surface area contributed by atoms with Gasteiger partial charge < -0.3 is 5.11 Å². The molecule has 10 heavy (non-hydrogen) atoms. The Bertz CT molecular complexity index is 190. The summed E-state index contributed by atoms with van der Waals surface area (Å²) in [6.07, 6.45) is 3.11.